The number of ether oxygens (including phenoxy) is 1. The Balaban J connectivity index is 2.20. The molecule has 0 aromatic heterocycles. The molecule has 0 saturated heterocycles. The fourth-order valence-corrected chi connectivity index (χ4v) is 2.13. The lowest BCUT2D eigenvalue weighted by atomic mass is 10.2. The van der Waals surface area contributed by atoms with Crippen LogP contribution in [0.2, 0.25) is 0 Å². The molecule has 0 spiro atoms. The van der Waals surface area contributed by atoms with Crippen molar-refractivity contribution in [2.45, 2.75) is 19.9 Å². The van der Waals surface area contributed by atoms with Gasteiger partial charge in [0, 0.05) is 13.1 Å². The Labute approximate surface area is 115 Å². The maximum atomic E-state index is 10.8. The van der Waals surface area contributed by atoms with E-state index in [2.05, 4.69) is 10.0 Å². The number of hydrogen-bond donors (Lipinski definition) is 2. The Hall–Kier alpha value is -1.11. The van der Waals surface area contributed by atoms with Crippen molar-refractivity contribution in [3.63, 3.8) is 0 Å². The number of sulfonamides is 1. The van der Waals surface area contributed by atoms with Crippen LogP contribution in [-0.4, -0.2) is 34.4 Å². The van der Waals surface area contributed by atoms with Crippen LogP contribution in [0.3, 0.4) is 0 Å². The van der Waals surface area contributed by atoms with Crippen molar-refractivity contribution in [2.24, 2.45) is 0 Å². The smallest absolute Gasteiger partial charge is 0.208 e. The van der Waals surface area contributed by atoms with Gasteiger partial charge >= 0.3 is 0 Å². The normalized spacial score (nSPS) is 11.5. The minimum atomic E-state index is -3.07. The van der Waals surface area contributed by atoms with Gasteiger partial charge in [0.15, 0.2) is 0 Å². The van der Waals surface area contributed by atoms with E-state index in [1.807, 2.05) is 31.2 Å². The molecule has 0 aliphatic heterocycles. The topological polar surface area (TPSA) is 67.4 Å². The second-order valence-electron chi connectivity index (χ2n) is 4.28. The van der Waals surface area contributed by atoms with Crippen LogP contribution in [0.4, 0.5) is 0 Å². The highest BCUT2D eigenvalue weighted by molar-refractivity contribution is 7.88. The highest BCUT2D eigenvalue weighted by Gasteiger charge is 1.99. The second-order valence-corrected chi connectivity index (χ2v) is 6.11. The van der Waals surface area contributed by atoms with Gasteiger partial charge in [-0.25, -0.2) is 13.1 Å². The first-order chi connectivity index (χ1) is 9.01. The summed E-state index contributed by atoms with van der Waals surface area (Å²) in [5, 5.41) is 3.27. The summed E-state index contributed by atoms with van der Waals surface area (Å²) in [6, 6.07) is 7.94. The van der Waals surface area contributed by atoms with E-state index in [9.17, 15) is 8.42 Å². The van der Waals surface area contributed by atoms with E-state index in [1.165, 1.54) is 6.26 Å². The van der Waals surface area contributed by atoms with E-state index in [0.29, 0.717) is 13.2 Å². The van der Waals surface area contributed by atoms with Crippen LogP contribution in [0.1, 0.15) is 18.9 Å². The molecule has 19 heavy (non-hydrogen) atoms. The van der Waals surface area contributed by atoms with Crippen molar-refractivity contribution in [3.8, 4) is 5.75 Å². The van der Waals surface area contributed by atoms with Gasteiger partial charge in [-0.1, -0.05) is 12.1 Å². The number of rotatable bonds is 9. The van der Waals surface area contributed by atoms with Gasteiger partial charge in [0.25, 0.3) is 0 Å². The minimum absolute atomic E-state index is 0.463. The van der Waals surface area contributed by atoms with Gasteiger partial charge in [0.2, 0.25) is 10.0 Å². The molecule has 0 heterocycles. The van der Waals surface area contributed by atoms with Gasteiger partial charge in [0.1, 0.15) is 5.75 Å². The molecule has 0 saturated carbocycles. The van der Waals surface area contributed by atoms with E-state index in [-0.39, 0.29) is 0 Å². The number of hydrogen-bond acceptors (Lipinski definition) is 4. The molecule has 0 bridgehead atoms. The molecule has 2 N–H and O–H groups in total. The molecule has 108 valence electrons. The first-order valence-corrected chi connectivity index (χ1v) is 8.27. The fourth-order valence-electron chi connectivity index (χ4n) is 1.62. The van der Waals surface area contributed by atoms with Gasteiger partial charge in [-0.05, 0) is 37.6 Å². The average molecular weight is 286 g/mol. The zero-order chi connectivity index (χ0) is 14.1. The molecular formula is C13H22N2O3S. The first kappa shape index (κ1) is 15.9. The van der Waals surface area contributed by atoms with Crippen molar-refractivity contribution < 1.29 is 13.2 Å². The molecular weight excluding hydrogens is 264 g/mol. The van der Waals surface area contributed by atoms with Crippen molar-refractivity contribution >= 4 is 10.0 Å². The first-order valence-electron chi connectivity index (χ1n) is 6.38. The zero-order valence-corrected chi connectivity index (χ0v) is 12.3. The molecule has 1 aromatic carbocycles. The van der Waals surface area contributed by atoms with Gasteiger partial charge in [-0.2, -0.15) is 0 Å². The van der Waals surface area contributed by atoms with Crippen LogP contribution in [0.15, 0.2) is 24.3 Å². The largest absolute Gasteiger partial charge is 0.494 e. The summed E-state index contributed by atoms with van der Waals surface area (Å²) in [5.41, 5.74) is 1.15. The summed E-state index contributed by atoms with van der Waals surface area (Å²) in [6.45, 7) is 4.60. The van der Waals surface area contributed by atoms with Crippen molar-refractivity contribution in [3.05, 3.63) is 29.8 Å². The predicted octanol–water partition coefficient (Wildman–Crippen LogP) is 1.11. The molecule has 1 rings (SSSR count). The summed E-state index contributed by atoms with van der Waals surface area (Å²) >= 11 is 0. The molecule has 0 radical (unpaired) electrons. The molecule has 0 aliphatic rings. The lowest BCUT2D eigenvalue weighted by molar-refractivity contribution is 0.340. The van der Waals surface area contributed by atoms with Crippen LogP contribution in [-0.2, 0) is 16.6 Å². The van der Waals surface area contributed by atoms with E-state index in [1.54, 1.807) is 0 Å². The quantitative estimate of drug-likeness (QED) is 0.667. The van der Waals surface area contributed by atoms with E-state index < -0.39 is 10.0 Å². The average Bonchev–Trinajstić information content (AvgIpc) is 2.33. The number of nitrogens with one attached hydrogen (secondary N) is 2. The maximum Gasteiger partial charge on any atom is 0.208 e. The Morgan fingerprint density at radius 2 is 2.05 bits per heavy atom. The maximum absolute atomic E-state index is 10.8. The molecule has 0 amide bonds. The third-order valence-electron chi connectivity index (χ3n) is 2.43. The van der Waals surface area contributed by atoms with Crippen molar-refractivity contribution in [1.82, 2.24) is 10.0 Å². The van der Waals surface area contributed by atoms with Crippen molar-refractivity contribution in [2.75, 3.05) is 26.0 Å². The Morgan fingerprint density at radius 3 is 2.74 bits per heavy atom. The van der Waals surface area contributed by atoms with Gasteiger partial charge in [-0.15, -0.1) is 0 Å². The molecule has 5 nitrogen and oxygen atoms in total. The van der Waals surface area contributed by atoms with Gasteiger partial charge in [0.05, 0.1) is 12.9 Å². The van der Waals surface area contributed by atoms with E-state index in [0.717, 1.165) is 30.8 Å². The fraction of sp³-hybridized carbons (Fsp3) is 0.538. The lowest BCUT2D eigenvalue weighted by Gasteiger charge is -2.08. The monoisotopic (exact) mass is 286 g/mol. The summed E-state index contributed by atoms with van der Waals surface area (Å²) in [4.78, 5) is 0. The highest BCUT2D eigenvalue weighted by Crippen LogP contribution is 2.12. The molecule has 0 atom stereocenters. The van der Waals surface area contributed by atoms with Crippen LogP contribution in [0.25, 0.3) is 0 Å². The lowest BCUT2D eigenvalue weighted by Crippen LogP contribution is -2.26. The Bertz CT molecular complexity index is 475. The van der Waals surface area contributed by atoms with Crippen molar-refractivity contribution in [1.29, 1.82) is 0 Å². The molecule has 0 fully saturated rings. The molecule has 0 aliphatic carbocycles. The summed E-state index contributed by atoms with van der Waals surface area (Å²) < 4.78 is 29.6. The summed E-state index contributed by atoms with van der Waals surface area (Å²) in [5.74, 6) is 0.876. The predicted molar refractivity (Wildman–Crippen MR) is 76.8 cm³/mol. The van der Waals surface area contributed by atoms with Gasteiger partial charge < -0.3 is 10.1 Å². The standard InChI is InChI=1S/C13H22N2O3S/c1-3-18-13-7-4-6-12(10-13)11-14-8-5-9-15-19(2,16)17/h4,6-7,10,14-15H,3,5,8-9,11H2,1-2H3. The van der Waals surface area contributed by atoms with Gasteiger partial charge in [-0.3, -0.25) is 0 Å². The van der Waals surface area contributed by atoms with E-state index in [4.69, 9.17) is 4.74 Å². The van der Waals surface area contributed by atoms with E-state index >= 15 is 0 Å². The molecule has 6 heteroatoms. The van der Waals surface area contributed by atoms with Crippen LogP contribution in [0.5, 0.6) is 5.75 Å². The van der Waals surface area contributed by atoms with Crippen LogP contribution in [0, 0.1) is 0 Å². The molecule has 1 aromatic rings. The highest BCUT2D eigenvalue weighted by atomic mass is 32.2. The second kappa shape index (κ2) is 8.14. The third-order valence-corrected chi connectivity index (χ3v) is 3.16. The molecule has 0 unspecified atom stereocenters. The Kier molecular flexibility index (Phi) is 6.83. The Morgan fingerprint density at radius 1 is 1.26 bits per heavy atom. The number of benzene rings is 1. The van der Waals surface area contributed by atoms with Crippen LogP contribution >= 0.6 is 0 Å². The summed E-state index contributed by atoms with van der Waals surface area (Å²) in [7, 11) is -3.07. The third kappa shape index (κ3) is 7.81. The van der Waals surface area contributed by atoms with Crippen LogP contribution < -0.4 is 14.8 Å². The minimum Gasteiger partial charge on any atom is -0.494 e. The summed E-state index contributed by atoms with van der Waals surface area (Å²) in [6.07, 6.45) is 1.93. The zero-order valence-electron chi connectivity index (χ0n) is 11.5. The SMILES string of the molecule is CCOc1cccc(CNCCCNS(C)(=O)=O)c1.